The van der Waals surface area contributed by atoms with Crippen LogP contribution in [0, 0.1) is 0 Å². The van der Waals surface area contributed by atoms with E-state index >= 15 is 0 Å². The van der Waals surface area contributed by atoms with Gasteiger partial charge in [-0.1, -0.05) is 6.07 Å². The summed E-state index contributed by atoms with van der Waals surface area (Å²) in [6.07, 6.45) is 2.40. The number of hydrogen-bond donors (Lipinski definition) is 1. The molecule has 0 fully saturated rings. The minimum Gasteiger partial charge on any atom is -0.497 e. The average molecular weight is 257 g/mol. The van der Waals surface area contributed by atoms with Crippen LogP contribution in [0.25, 0.3) is 0 Å². The first-order valence-electron chi connectivity index (χ1n) is 5.96. The summed E-state index contributed by atoms with van der Waals surface area (Å²) in [4.78, 5) is 15.9. The number of hydrogen-bond acceptors (Lipinski definition) is 4. The predicted molar refractivity (Wildman–Crippen MR) is 71.1 cm³/mol. The number of ketones is 1. The molecule has 0 amide bonds. The molecule has 0 saturated carbocycles. The second kappa shape index (κ2) is 6.11. The normalized spacial score (nSPS) is 11.9. The van der Waals surface area contributed by atoms with Crippen molar-refractivity contribution in [2.24, 2.45) is 0 Å². The van der Waals surface area contributed by atoms with E-state index in [1.807, 2.05) is 0 Å². The fraction of sp³-hybridized carbons (Fsp3) is 0.200. The maximum Gasteiger partial charge on any atom is 0.165 e. The van der Waals surface area contributed by atoms with E-state index in [1.54, 1.807) is 55.9 Å². The van der Waals surface area contributed by atoms with E-state index in [4.69, 9.17) is 4.74 Å². The van der Waals surface area contributed by atoms with Gasteiger partial charge in [0.05, 0.1) is 13.2 Å². The molecular formula is C15H15NO3. The van der Waals surface area contributed by atoms with Gasteiger partial charge < -0.3 is 9.84 Å². The number of aliphatic hydroxyl groups is 1. The number of benzene rings is 1. The number of carbonyl (C=O) groups is 1. The molecule has 0 radical (unpaired) electrons. The van der Waals surface area contributed by atoms with Crippen molar-refractivity contribution in [2.75, 3.05) is 7.11 Å². The molecule has 0 spiro atoms. The summed E-state index contributed by atoms with van der Waals surface area (Å²) >= 11 is 0. The Morgan fingerprint density at radius 1 is 1.32 bits per heavy atom. The van der Waals surface area contributed by atoms with Crippen molar-refractivity contribution in [3.63, 3.8) is 0 Å². The molecule has 4 nitrogen and oxygen atoms in total. The van der Waals surface area contributed by atoms with Crippen LogP contribution in [0.2, 0.25) is 0 Å². The summed E-state index contributed by atoms with van der Waals surface area (Å²) in [5, 5.41) is 9.97. The van der Waals surface area contributed by atoms with Crippen LogP contribution >= 0.6 is 0 Å². The smallest absolute Gasteiger partial charge is 0.165 e. The summed E-state index contributed by atoms with van der Waals surface area (Å²) in [5.41, 5.74) is 1.20. The maximum atomic E-state index is 12.0. The molecule has 1 unspecified atom stereocenters. The first-order chi connectivity index (χ1) is 9.20. The molecule has 1 aromatic heterocycles. The van der Waals surface area contributed by atoms with E-state index in [1.165, 1.54) is 0 Å². The van der Waals surface area contributed by atoms with E-state index in [0.717, 1.165) is 0 Å². The first kappa shape index (κ1) is 13.2. The van der Waals surface area contributed by atoms with Gasteiger partial charge in [-0.15, -0.1) is 0 Å². The fourth-order valence-corrected chi connectivity index (χ4v) is 1.76. The Hall–Kier alpha value is -2.20. The van der Waals surface area contributed by atoms with Crippen LogP contribution in [-0.2, 0) is 0 Å². The predicted octanol–water partition coefficient (Wildman–Crippen LogP) is 2.40. The fourth-order valence-electron chi connectivity index (χ4n) is 1.76. The lowest BCUT2D eigenvalue weighted by atomic mass is 10.0. The highest BCUT2D eigenvalue weighted by molar-refractivity contribution is 5.96. The zero-order valence-corrected chi connectivity index (χ0v) is 10.6. The third-order valence-corrected chi connectivity index (χ3v) is 2.86. The van der Waals surface area contributed by atoms with Crippen molar-refractivity contribution in [2.45, 2.75) is 12.5 Å². The standard InChI is InChI=1S/C15H15NO3/c1-19-13-6-4-11(5-7-13)14(17)9-15(18)12-3-2-8-16-10-12/h2-8,10,15,18H,9H2,1H3. The zero-order chi connectivity index (χ0) is 13.7. The minimum atomic E-state index is -0.830. The highest BCUT2D eigenvalue weighted by atomic mass is 16.5. The van der Waals surface area contributed by atoms with Gasteiger partial charge >= 0.3 is 0 Å². The molecule has 0 aliphatic carbocycles. The van der Waals surface area contributed by atoms with Crippen molar-refractivity contribution in [1.82, 2.24) is 4.98 Å². The Bertz CT molecular complexity index is 537. The molecule has 0 aliphatic heterocycles. The Morgan fingerprint density at radius 3 is 2.63 bits per heavy atom. The van der Waals surface area contributed by atoms with Crippen molar-refractivity contribution < 1.29 is 14.6 Å². The number of nitrogens with zero attached hydrogens (tertiary/aromatic N) is 1. The lowest BCUT2D eigenvalue weighted by Crippen LogP contribution is -2.07. The molecular weight excluding hydrogens is 242 g/mol. The van der Waals surface area contributed by atoms with Crippen LogP contribution in [0.1, 0.15) is 28.4 Å². The van der Waals surface area contributed by atoms with Gasteiger partial charge in [0.1, 0.15) is 5.75 Å². The van der Waals surface area contributed by atoms with Crippen molar-refractivity contribution >= 4 is 5.78 Å². The van der Waals surface area contributed by atoms with Gasteiger partial charge in [-0.05, 0) is 35.9 Å². The van der Waals surface area contributed by atoms with E-state index in [9.17, 15) is 9.90 Å². The number of aliphatic hydroxyl groups excluding tert-OH is 1. The Labute approximate surface area is 111 Å². The summed E-state index contributed by atoms with van der Waals surface area (Å²) in [6, 6.07) is 10.3. The summed E-state index contributed by atoms with van der Waals surface area (Å²) in [6.45, 7) is 0. The molecule has 0 aliphatic rings. The Morgan fingerprint density at radius 2 is 2.05 bits per heavy atom. The van der Waals surface area contributed by atoms with Gasteiger partial charge in [0.25, 0.3) is 0 Å². The number of aromatic nitrogens is 1. The Balaban J connectivity index is 2.04. The molecule has 4 heteroatoms. The van der Waals surface area contributed by atoms with Gasteiger partial charge in [0, 0.05) is 24.4 Å². The number of methoxy groups -OCH3 is 1. The number of Topliss-reactive ketones (excluding diaryl/α,β-unsaturated/α-hetero) is 1. The highest BCUT2D eigenvalue weighted by Gasteiger charge is 2.14. The molecule has 2 aromatic rings. The zero-order valence-electron chi connectivity index (χ0n) is 10.6. The SMILES string of the molecule is COc1ccc(C(=O)CC(O)c2cccnc2)cc1. The van der Waals surface area contributed by atoms with Crippen LogP contribution in [0.15, 0.2) is 48.8 Å². The van der Waals surface area contributed by atoms with Crippen molar-refractivity contribution in [3.8, 4) is 5.75 Å². The molecule has 1 aromatic carbocycles. The molecule has 1 heterocycles. The lowest BCUT2D eigenvalue weighted by molar-refractivity contribution is 0.0880. The highest BCUT2D eigenvalue weighted by Crippen LogP contribution is 2.19. The van der Waals surface area contributed by atoms with Crippen LogP contribution < -0.4 is 4.74 Å². The largest absolute Gasteiger partial charge is 0.497 e. The average Bonchev–Trinajstić information content (AvgIpc) is 2.48. The summed E-state index contributed by atoms with van der Waals surface area (Å²) in [7, 11) is 1.57. The molecule has 98 valence electrons. The molecule has 19 heavy (non-hydrogen) atoms. The van der Waals surface area contributed by atoms with E-state index in [-0.39, 0.29) is 12.2 Å². The van der Waals surface area contributed by atoms with Gasteiger partial charge in [-0.2, -0.15) is 0 Å². The molecule has 0 saturated heterocycles. The third kappa shape index (κ3) is 3.39. The molecule has 0 bridgehead atoms. The molecule has 2 rings (SSSR count). The summed E-state index contributed by atoms with van der Waals surface area (Å²) < 4.78 is 5.03. The Kier molecular flexibility index (Phi) is 4.26. The monoisotopic (exact) mass is 257 g/mol. The second-order valence-corrected chi connectivity index (χ2v) is 4.16. The third-order valence-electron chi connectivity index (χ3n) is 2.86. The minimum absolute atomic E-state index is 0.0397. The van der Waals surface area contributed by atoms with Gasteiger partial charge in [-0.3, -0.25) is 9.78 Å². The van der Waals surface area contributed by atoms with Gasteiger partial charge in [0.15, 0.2) is 5.78 Å². The van der Waals surface area contributed by atoms with E-state index in [2.05, 4.69) is 4.98 Å². The number of pyridine rings is 1. The van der Waals surface area contributed by atoms with Crippen molar-refractivity contribution in [1.29, 1.82) is 0 Å². The van der Waals surface area contributed by atoms with Gasteiger partial charge in [-0.25, -0.2) is 0 Å². The molecule has 1 atom stereocenters. The van der Waals surface area contributed by atoms with Crippen LogP contribution in [0.5, 0.6) is 5.75 Å². The number of carbonyl (C=O) groups excluding carboxylic acids is 1. The first-order valence-corrected chi connectivity index (χ1v) is 5.96. The summed E-state index contributed by atoms with van der Waals surface area (Å²) in [5.74, 6) is 0.586. The van der Waals surface area contributed by atoms with E-state index < -0.39 is 6.10 Å². The topological polar surface area (TPSA) is 59.4 Å². The second-order valence-electron chi connectivity index (χ2n) is 4.16. The quantitative estimate of drug-likeness (QED) is 0.835. The van der Waals surface area contributed by atoms with Crippen molar-refractivity contribution in [3.05, 3.63) is 59.9 Å². The van der Waals surface area contributed by atoms with Crippen LogP contribution in [0.3, 0.4) is 0 Å². The molecule has 1 N–H and O–H groups in total. The van der Waals surface area contributed by atoms with Crippen LogP contribution in [0.4, 0.5) is 0 Å². The van der Waals surface area contributed by atoms with E-state index in [0.29, 0.717) is 16.9 Å². The maximum absolute atomic E-state index is 12.0. The number of ether oxygens (including phenoxy) is 1. The lowest BCUT2D eigenvalue weighted by Gasteiger charge is -2.09. The number of rotatable bonds is 5. The van der Waals surface area contributed by atoms with Gasteiger partial charge in [0.2, 0.25) is 0 Å². The van der Waals surface area contributed by atoms with Crippen LogP contribution in [-0.4, -0.2) is 23.0 Å².